The van der Waals surface area contributed by atoms with Crippen molar-refractivity contribution in [3.63, 3.8) is 0 Å². The zero-order valence-corrected chi connectivity index (χ0v) is 17.3. The van der Waals surface area contributed by atoms with Crippen LogP contribution in [0, 0.1) is 17.0 Å². The molecule has 0 saturated carbocycles. The van der Waals surface area contributed by atoms with Gasteiger partial charge in [0, 0.05) is 24.7 Å². The van der Waals surface area contributed by atoms with Crippen molar-refractivity contribution in [2.45, 2.75) is 30.7 Å². The predicted octanol–water partition coefficient (Wildman–Crippen LogP) is 3.03. The fraction of sp³-hybridized carbons (Fsp3) is 0.400. The molecule has 156 valence electrons. The van der Waals surface area contributed by atoms with Crippen LogP contribution in [0.1, 0.15) is 30.0 Å². The van der Waals surface area contributed by atoms with E-state index in [0.29, 0.717) is 5.56 Å². The van der Waals surface area contributed by atoms with Crippen molar-refractivity contribution in [2.75, 3.05) is 26.7 Å². The van der Waals surface area contributed by atoms with Gasteiger partial charge in [0.1, 0.15) is 5.75 Å². The Morgan fingerprint density at radius 2 is 1.83 bits per heavy atom. The number of aryl methyl sites for hydroxylation is 1. The molecule has 3 rings (SSSR count). The molecule has 0 aromatic heterocycles. The maximum Gasteiger partial charge on any atom is 0.270 e. The van der Waals surface area contributed by atoms with Gasteiger partial charge in [-0.3, -0.25) is 15.0 Å². The van der Waals surface area contributed by atoms with Crippen LogP contribution in [-0.4, -0.2) is 45.0 Å². The van der Waals surface area contributed by atoms with Gasteiger partial charge in [-0.1, -0.05) is 18.2 Å². The van der Waals surface area contributed by atoms with Gasteiger partial charge in [0.05, 0.1) is 16.9 Å². The fourth-order valence-corrected chi connectivity index (χ4v) is 4.90. The molecule has 0 spiro atoms. The molecule has 1 N–H and O–H groups in total. The number of nitrogens with one attached hydrogen (secondary N) is 1. The molecular weight excluding hydrogens is 394 g/mol. The molecule has 8 nitrogen and oxygen atoms in total. The summed E-state index contributed by atoms with van der Waals surface area (Å²) in [4.78, 5) is 12.6. The second-order valence-corrected chi connectivity index (χ2v) is 8.83. The average Bonchev–Trinajstić information content (AvgIpc) is 3.23. The highest BCUT2D eigenvalue weighted by molar-refractivity contribution is 7.89. The molecule has 1 heterocycles. The number of rotatable bonds is 8. The van der Waals surface area contributed by atoms with Gasteiger partial charge in [-0.2, -0.15) is 0 Å². The van der Waals surface area contributed by atoms with Crippen LogP contribution in [0.2, 0.25) is 0 Å². The second-order valence-electron chi connectivity index (χ2n) is 7.09. The molecule has 2 aromatic rings. The van der Waals surface area contributed by atoms with Crippen LogP contribution in [0.15, 0.2) is 47.4 Å². The zero-order chi connectivity index (χ0) is 21.0. The van der Waals surface area contributed by atoms with Crippen LogP contribution in [0.5, 0.6) is 5.75 Å². The van der Waals surface area contributed by atoms with Crippen LogP contribution in [0.25, 0.3) is 0 Å². The molecule has 1 saturated heterocycles. The molecule has 1 atom stereocenters. The Hall–Kier alpha value is -2.49. The predicted molar refractivity (Wildman–Crippen MR) is 110 cm³/mol. The van der Waals surface area contributed by atoms with Crippen molar-refractivity contribution in [1.29, 1.82) is 0 Å². The van der Waals surface area contributed by atoms with Gasteiger partial charge in [-0.05, 0) is 56.1 Å². The third-order valence-electron chi connectivity index (χ3n) is 5.22. The smallest absolute Gasteiger partial charge is 0.270 e. The Morgan fingerprint density at radius 3 is 2.41 bits per heavy atom. The van der Waals surface area contributed by atoms with Crippen molar-refractivity contribution in [3.8, 4) is 5.75 Å². The minimum Gasteiger partial charge on any atom is -0.497 e. The fourth-order valence-electron chi connectivity index (χ4n) is 3.60. The summed E-state index contributed by atoms with van der Waals surface area (Å²) < 4.78 is 33.7. The van der Waals surface area contributed by atoms with E-state index in [9.17, 15) is 18.5 Å². The summed E-state index contributed by atoms with van der Waals surface area (Å²) >= 11 is 0. The highest BCUT2D eigenvalue weighted by Gasteiger charge is 2.27. The first-order valence-corrected chi connectivity index (χ1v) is 10.9. The topological polar surface area (TPSA) is 102 Å². The average molecular weight is 420 g/mol. The van der Waals surface area contributed by atoms with Crippen molar-refractivity contribution in [2.24, 2.45) is 0 Å². The lowest BCUT2D eigenvalue weighted by molar-refractivity contribution is -0.385. The molecule has 9 heteroatoms. The first-order valence-electron chi connectivity index (χ1n) is 9.44. The Bertz CT molecular complexity index is 970. The highest BCUT2D eigenvalue weighted by atomic mass is 32.2. The maximum absolute atomic E-state index is 12.9. The molecule has 0 amide bonds. The van der Waals surface area contributed by atoms with Gasteiger partial charge in [-0.15, -0.1) is 0 Å². The lowest BCUT2D eigenvalue weighted by atomic mass is 10.1. The van der Waals surface area contributed by atoms with Crippen LogP contribution in [0.3, 0.4) is 0 Å². The summed E-state index contributed by atoms with van der Waals surface area (Å²) in [5, 5.41) is 11.0. The summed E-state index contributed by atoms with van der Waals surface area (Å²) in [6.45, 7) is 3.60. The van der Waals surface area contributed by atoms with Crippen LogP contribution >= 0.6 is 0 Å². The number of ether oxygens (including phenoxy) is 1. The monoisotopic (exact) mass is 419 g/mol. The third-order valence-corrected chi connectivity index (χ3v) is 6.79. The van der Waals surface area contributed by atoms with E-state index < -0.39 is 14.9 Å². The van der Waals surface area contributed by atoms with E-state index >= 15 is 0 Å². The van der Waals surface area contributed by atoms with Crippen LogP contribution < -0.4 is 9.46 Å². The number of nitro benzene ring substituents is 1. The summed E-state index contributed by atoms with van der Waals surface area (Å²) in [5.74, 6) is 0.738. The van der Waals surface area contributed by atoms with E-state index in [1.807, 2.05) is 24.3 Å². The number of benzene rings is 2. The zero-order valence-electron chi connectivity index (χ0n) is 16.5. The lowest BCUT2D eigenvalue weighted by Gasteiger charge is -2.28. The van der Waals surface area contributed by atoms with Crippen molar-refractivity contribution in [1.82, 2.24) is 9.62 Å². The molecule has 0 aliphatic carbocycles. The first kappa shape index (κ1) is 21.2. The molecule has 1 unspecified atom stereocenters. The summed E-state index contributed by atoms with van der Waals surface area (Å²) in [6.07, 6.45) is 2.15. The normalized spacial score (nSPS) is 15.9. The van der Waals surface area contributed by atoms with Gasteiger partial charge in [0.25, 0.3) is 5.69 Å². The number of hydrogen-bond donors (Lipinski definition) is 1. The van der Waals surface area contributed by atoms with Gasteiger partial charge >= 0.3 is 0 Å². The van der Waals surface area contributed by atoms with E-state index in [1.165, 1.54) is 12.1 Å². The van der Waals surface area contributed by atoms with Crippen molar-refractivity contribution >= 4 is 15.7 Å². The third kappa shape index (κ3) is 4.92. The van der Waals surface area contributed by atoms with Crippen molar-refractivity contribution < 1.29 is 18.1 Å². The summed E-state index contributed by atoms with van der Waals surface area (Å²) in [5.41, 5.74) is 1.21. The van der Waals surface area contributed by atoms with Crippen molar-refractivity contribution in [3.05, 3.63) is 63.7 Å². The van der Waals surface area contributed by atoms with Gasteiger partial charge < -0.3 is 4.74 Å². The molecule has 29 heavy (non-hydrogen) atoms. The van der Waals surface area contributed by atoms with E-state index in [-0.39, 0.29) is 23.2 Å². The molecule has 1 fully saturated rings. The number of hydrogen-bond acceptors (Lipinski definition) is 6. The number of methoxy groups -OCH3 is 1. The number of sulfonamides is 1. The molecule has 1 aliphatic heterocycles. The SMILES string of the molecule is COc1ccc(C(CNS(=O)(=O)c2cc([N+](=O)[O-])ccc2C)N2CCCC2)cc1. The number of likely N-dealkylation sites (tertiary alicyclic amines) is 1. The van der Waals surface area contributed by atoms with E-state index in [4.69, 9.17) is 4.74 Å². The minimum absolute atomic E-state index is 0.0680. The lowest BCUT2D eigenvalue weighted by Crippen LogP contribution is -2.37. The van der Waals surface area contributed by atoms with Gasteiger partial charge in [0.15, 0.2) is 0 Å². The Kier molecular flexibility index (Phi) is 6.51. The van der Waals surface area contributed by atoms with Crippen LogP contribution in [0.4, 0.5) is 5.69 Å². The van der Waals surface area contributed by atoms with Gasteiger partial charge in [-0.25, -0.2) is 13.1 Å². The Morgan fingerprint density at radius 1 is 1.17 bits per heavy atom. The molecule has 2 aromatic carbocycles. The molecule has 0 radical (unpaired) electrons. The summed E-state index contributed by atoms with van der Waals surface area (Å²) in [7, 11) is -2.30. The largest absolute Gasteiger partial charge is 0.497 e. The highest BCUT2D eigenvalue weighted by Crippen LogP contribution is 2.27. The standard InChI is InChI=1S/C20H25N3O5S/c1-15-5-8-17(23(24)25)13-20(15)29(26,27)21-14-19(22-11-3-4-12-22)16-6-9-18(28-2)10-7-16/h5-10,13,19,21H,3-4,11-12,14H2,1-2H3. The second kappa shape index (κ2) is 8.89. The van der Waals surface area contributed by atoms with E-state index in [1.54, 1.807) is 14.0 Å². The number of non-ortho nitro benzene ring substituents is 1. The van der Waals surface area contributed by atoms with Gasteiger partial charge in [0.2, 0.25) is 10.0 Å². The van der Waals surface area contributed by atoms with Crippen LogP contribution in [-0.2, 0) is 10.0 Å². The molecule has 0 bridgehead atoms. The van der Waals surface area contributed by atoms with E-state index in [2.05, 4.69) is 9.62 Å². The quantitative estimate of drug-likeness (QED) is 0.521. The first-order chi connectivity index (χ1) is 13.8. The number of nitro groups is 1. The van der Waals surface area contributed by atoms with E-state index in [0.717, 1.165) is 43.3 Å². The Labute approximate surface area is 170 Å². The Balaban J connectivity index is 1.84. The number of nitrogens with zero attached hydrogens (tertiary/aromatic N) is 2. The molecular formula is C20H25N3O5S. The molecule has 1 aliphatic rings. The maximum atomic E-state index is 12.9. The summed E-state index contributed by atoms with van der Waals surface area (Å²) in [6, 6.07) is 11.3. The minimum atomic E-state index is -3.90.